The molecular formula is C10H11N3O3. The van der Waals surface area contributed by atoms with E-state index in [0.29, 0.717) is 11.1 Å². The Hall–Kier alpha value is -1.59. The van der Waals surface area contributed by atoms with Gasteiger partial charge in [0.25, 0.3) is 0 Å². The summed E-state index contributed by atoms with van der Waals surface area (Å²) < 4.78 is 0. The maximum Gasteiger partial charge on any atom is 0.111 e. The van der Waals surface area contributed by atoms with Gasteiger partial charge in [0.15, 0.2) is 0 Å². The van der Waals surface area contributed by atoms with E-state index >= 15 is 0 Å². The van der Waals surface area contributed by atoms with E-state index in [1.807, 2.05) is 0 Å². The molecule has 6 nitrogen and oxygen atoms in total. The summed E-state index contributed by atoms with van der Waals surface area (Å²) in [4.78, 5) is 2.64. The van der Waals surface area contributed by atoms with Gasteiger partial charge in [-0.25, -0.2) is 0 Å². The van der Waals surface area contributed by atoms with Crippen molar-refractivity contribution in [2.75, 3.05) is 0 Å². The Labute approximate surface area is 91.4 Å². The van der Waals surface area contributed by atoms with Crippen LogP contribution in [-0.2, 0) is 0 Å². The van der Waals surface area contributed by atoms with E-state index in [2.05, 4.69) is 10.0 Å². The quantitative estimate of drug-likeness (QED) is 0.370. The monoisotopic (exact) mass is 221 g/mol. The zero-order valence-electron chi connectivity index (χ0n) is 8.30. The largest absolute Gasteiger partial charge is 0.390 e. The minimum absolute atomic E-state index is 0.484. The molecule has 0 saturated carbocycles. The van der Waals surface area contributed by atoms with Gasteiger partial charge in [0.1, 0.15) is 12.2 Å². The predicted molar refractivity (Wildman–Crippen MR) is 55.3 cm³/mol. The summed E-state index contributed by atoms with van der Waals surface area (Å²) in [6, 6.07) is 5.86. The van der Waals surface area contributed by atoms with Gasteiger partial charge < -0.3 is 15.3 Å². The molecule has 0 fully saturated rings. The fourth-order valence-corrected chi connectivity index (χ4v) is 1.98. The van der Waals surface area contributed by atoms with Crippen molar-refractivity contribution >= 4 is 0 Å². The molecule has 4 atom stereocenters. The maximum absolute atomic E-state index is 9.74. The molecule has 16 heavy (non-hydrogen) atoms. The van der Waals surface area contributed by atoms with E-state index in [1.54, 1.807) is 24.3 Å². The minimum Gasteiger partial charge on any atom is -0.390 e. The zero-order valence-corrected chi connectivity index (χ0v) is 8.30. The Morgan fingerprint density at radius 1 is 1.06 bits per heavy atom. The van der Waals surface area contributed by atoms with E-state index in [0.717, 1.165) is 0 Å². The summed E-state index contributed by atoms with van der Waals surface area (Å²) in [6.45, 7) is 0. The van der Waals surface area contributed by atoms with Crippen LogP contribution in [0.4, 0.5) is 0 Å². The Morgan fingerprint density at radius 2 is 1.69 bits per heavy atom. The van der Waals surface area contributed by atoms with Crippen molar-refractivity contribution in [3.05, 3.63) is 45.8 Å². The second-order valence-corrected chi connectivity index (χ2v) is 3.70. The molecule has 0 spiro atoms. The number of azide groups is 1. The van der Waals surface area contributed by atoms with Crippen LogP contribution in [0.25, 0.3) is 10.4 Å². The Bertz CT molecular complexity index is 445. The highest BCUT2D eigenvalue weighted by molar-refractivity contribution is 5.36. The summed E-state index contributed by atoms with van der Waals surface area (Å²) >= 11 is 0. The molecule has 0 radical (unpaired) electrons. The molecule has 0 aliphatic heterocycles. The lowest BCUT2D eigenvalue weighted by atomic mass is 9.82. The molecule has 1 aliphatic carbocycles. The van der Waals surface area contributed by atoms with Crippen LogP contribution in [0.15, 0.2) is 29.4 Å². The second kappa shape index (κ2) is 4.11. The van der Waals surface area contributed by atoms with Crippen LogP contribution in [0.3, 0.4) is 0 Å². The maximum atomic E-state index is 9.74. The van der Waals surface area contributed by atoms with Gasteiger partial charge in [-0.15, -0.1) is 0 Å². The van der Waals surface area contributed by atoms with Crippen LogP contribution in [0.5, 0.6) is 0 Å². The fraction of sp³-hybridized carbons (Fsp3) is 0.400. The lowest BCUT2D eigenvalue weighted by Crippen LogP contribution is -2.40. The molecule has 0 heterocycles. The number of hydrogen-bond donors (Lipinski definition) is 3. The Kier molecular flexibility index (Phi) is 2.80. The van der Waals surface area contributed by atoms with Crippen molar-refractivity contribution in [3.8, 4) is 0 Å². The molecule has 2 rings (SSSR count). The normalized spacial score (nSPS) is 32.7. The highest BCUT2D eigenvalue weighted by Gasteiger charge is 2.39. The Morgan fingerprint density at radius 3 is 2.31 bits per heavy atom. The summed E-state index contributed by atoms with van der Waals surface area (Å²) in [7, 11) is 0. The van der Waals surface area contributed by atoms with E-state index in [-0.39, 0.29) is 0 Å². The number of fused-ring (bicyclic) bond motifs is 1. The van der Waals surface area contributed by atoms with Crippen LogP contribution in [0, 0.1) is 0 Å². The second-order valence-electron chi connectivity index (χ2n) is 3.70. The summed E-state index contributed by atoms with van der Waals surface area (Å²) in [5.41, 5.74) is 9.45. The van der Waals surface area contributed by atoms with E-state index in [1.165, 1.54) is 0 Å². The summed E-state index contributed by atoms with van der Waals surface area (Å²) in [5.74, 6) is 0. The molecule has 1 aromatic carbocycles. The SMILES string of the molecule is [N-]=[N+]=N[C@H]1c2ccccc2[C@@H](O)[C@@H](O)[C@@H]1O. The summed E-state index contributed by atoms with van der Waals surface area (Å²) in [6.07, 6.45) is -3.79. The van der Waals surface area contributed by atoms with Crippen LogP contribution >= 0.6 is 0 Å². The average Bonchev–Trinajstić information content (AvgIpc) is 2.32. The lowest BCUT2D eigenvalue weighted by molar-refractivity contribution is -0.0796. The van der Waals surface area contributed by atoms with Gasteiger partial charge in [0.2, 0.25) is 0 Å². The Balaban J connectivity index is 2.56. The van der Waals surface area contributed by atoms with Crippen molar-refractivity contribution in [1.82, 2.24) is 0 Å². The van der Waals surface area contributed by atoms with Gasteiger partial charge in [-0.3, -0.25) is 0 Å². The molecular weight excluding hydrogens is 210 g/mol. The molecule has 6 heteroatoms. The summed E-state index contributed by atoms with van der Waals surface area (Å²) in [5, 5.41) is 32.5. The van der Waals surface area contributed by atoms with Crippen molar-refractivity contribution in [2.45, 2.75) is 24.4 Å². The molecule has 0 bridgehead atoms. The van der Waals surface area contributed by atoms with Gasteiger partial charge >= 0.3 is 0 Å². The first kappa shape index (κ1) is 10.9. The third kappa shape index (κ3) is 1.54. The van der Waals surface area contributed by atoms with E-state index in [9.17, 15) is 15.3 Å². The van der Waals surface area contributed by atoms with Crippen LogP contribution in [-0.4, -0.2) is 27.5 Å². The smallest absolute Gasteiger partial charge is 0.111 e. The molecule has 0 unspecified atom stereocenters. The lowest BCUT2D eigenvalue weighted by Gasteiger charge is -2.34. The van der Waals surface area contributed by atoms with Crippen LogP contribution in [0.1, 0.15) is 23.3 Å². The van der Waals surface area contributed by atoms with Gasteiger partial charge in [-0.1, -0.05) is 29.4 Å². The van der Waals surface area contributed by atoms with E-state index < -0.39 is 24.4 Å². The first-order valence-electron chi connectivity index (χ1n) is 4.84. The zero-order chi connectivity index (χ0) is 11.7. The molecule has 1 aromatic rings. The first-order chi connectivity index (χ1) is 7.66. The predicted octanol–water partition coefficient (Wildman–Crippen LogP) is 0.807. The first-order valence-corrected chi connectivity index (χ1v) is 4.84. The average molecular weight is 221 g/mol. The third-order valence-corrected chi connectivity index (χ3v) is 2.81. The third-order valence-electron chi connectivity index (χ3n) is 2.81. The molecule has 3 N–H and O–H groups in total. The van der Waals surface area contributed by atoms with Gasteiger partial charge in [-0.2, -0.15) is 0 Å². The van der Waals surface area contributed by atoms with Crippen LogP contribution < -0.4 is 0 Å². The number of aliphatic hydroxyl groups is 3. The number of rotatable bonds is 1. The molecule has 1 aliphatic rings. The number of nitrogens with zero attached hydrogens (tertiary/aromatic N) is 3. The van der Waals surface area contributed by atoms with Gasteiger partial charge in [0, 0.05) is 4.91 Å². The number of hydrogen-bond acceptors (Lipinski definition) is 4. The van der Waals surface area contributed by atoms with E-state index in [4.69, 9.17) is 5.53 Å². The minimum atomic E-state index is -1.34. The standard InChI is InChI=1S/C10H11N3O3/c11-13-12-7-5-3-1-2-4-6(5)8(14)10(16)9(7)15/h1-4,7-10,14-16H/t7-,8+,9+,10+/m0/s1. The topological polar surface area (TPSA) is 109 Å². The molecule has 0 amide bonds. The highest BCUT2D eigenvalue weighted by Crippen LogP contribution is 2.38. The molecule has 0 saturated heterocycles. The number of benzene rings is 1. The van der Waals surface area contributed by atoms with Crippen molar-refractivity contribution in [1.29, 1.82) is 0 Å². The molecule has 0 aromatic heterocycles. The number of aliphatic hydroxyl groups excluding tert-OH is 3. The van der Waals surface area contributed by atoms with Crippen molar-refractivity contribution in [2.24, 2.45) is 5.11 Å². The van der Waals surface area contributed by atoms with Gasteiger partial charge in [0.05, 0.1) is 12.1 Å². The molecule has 84 valence electrons. The van der Waals surface area contributed by atoms with Crippen LogP contribution in [0.2, 0.25) is 0 Å². The highest BCUT2D eigenvalue weighted by atomic mass is 16.4. The fourth-order valence-electron chi connectivity index (χ4n) is 1.98. The van der Waals surface area contributed by atoms with Crippen molar-refractivity contribution in [3.63, 3.8) is 0 Å². The van der Waals surface area contributed by atoms with Gasteiger partial charge in [-0.05, 0) is 16.7 Å². The van der Waals surface area contributed by atoms with Crippen molar-refractivity contribution < 1.29 is 15.3 Å².